The van der Waals surface area contributed by atoms with Gasteiger partial charge in [0.15, 0.2) is 0 Å². The highest BCUT2D eigenvalue weighted by molar-refractivity contribution is 7.10. The molecule has 0 spiro atoms. The Hall–Kier alpha value is -2.01. The van der Waals surface area contributed by atoms with Gasteiger partial charge in [-0.2, -0.15) is 0 Å². The molecule has 1 saturated heterocycles. The number of carbonyl (C=O) groups is 1. The number of thiophene rings is 1. The fourth-order valence-electron chi connectivity index (χ4n) is 2.65. The standard InChI is InChI=1S/C16H17N3OS/c1-16(8-14(17)19(2)15(20)9-16)13-7-11(10-21-13)12-5-3-4-6-18-12/h3-7,10,17H,8-9H2,1-2H3/t16-/m0/s1. The van der Waals surface area contributed by atoms with E-state index < -0.39 is 0 Å². The van der Waals surface area contributed by atoms with Gasteiger partial charge in [-0.25, -0.2) is 0 Å². The van der Waals surface area contributed by atoms with Crippen molar-refractivity contribution in [3.8, 4) is 11.3 Å². The molecule has 108 valence electrons. The number of hydrogen-bond acceptors (Lipinski definition) is 4. The van der Waals surface area contributed by atoms with Gasteiger partial charge in [0.25, 0.3) is 0 Å². The maximum Gasteiger partial charge on any atom is 0.228 e. The van der Waals surface area contributed by atoms with Gasteiger partial charge < -0.3 is 4.90 Å². The first kappa shape index (κ1) is 13.9. The van der Waals surface area contributed by atoms with Gasteiger partial charge in [-0.3, -0.25) is 15.2 Å². The van der Waals surface area contributed by atoms with E-state index in [0.29, 0.717) is 18.7 Å². The Balaban J connectivity index is 1.93. The molecule has 1 amide bonds. The molecule has 0 aromatic carbocycles. The fourth-order valence-corrected chi connectivity index (χ4v) is 3.71. The van der Waals surface area contributed by atoms with E-state index in [0.717, 1.165) is 16.1 Å². The Morgan fingerprint density at radius 3 is 2.86 bits per heavy atom. The number of nitrogens with one attached hydrogen (secondary N) is 1. The topological polar surface area (TPSA) is 57.1 Å². The van der Waals surface area contributed by atoms with E-state index in [1.54, 1.807) is 24.6 Å². The molecule has 0 radical (unpaired) electrons. The number of likely N-dealkylation sites (tertiary alicyclic amines) is 1. The minimum absolute atomic E-state index is 0.0153. The zero-order valence-corrected chi connectivity index (χ0v) is 12.9. The average molecular weight is 299 g/mol. The number of hydrogen-bond donors (Lipinski definition) is 1. The summed E-state index contributed by atoms with van der Waals surface area (Å²) >= 11 is 1.65. The molecule has 0 saturated carbocycles. The lowest BCUT2D eigenvalue weighted by molar-refractivity contribution is -0.128. The largest absolute Gasteiger partial charge is 0.304 e. The molecule has 2 aromatic rings. The van der Waals surface area contributed by atoms with Gasteiger partial charge in [0.2, 0.25) is 5.91 Å². The van der Waals surface area contributed by atoms with Crippen molar-refractivity contribution in [2.24, 2.45) is 0 Å². The third kappa shape index (κ3) is 2.49. The van der Waals surface area contributed by atoms with Crippen molar-refractivity contribution in [1.29, 1.82) is 5.41 Å². The summed E-state index contributed by atoms with van der Waals surface area (Å²) in [5.41, 5.74) is 1.74. The maximum atomic E-state index is 12.0. The molecule has 0 bridgehead atoms. The Morgan fingerprint density at radius 1 is 1.38 bits per heavy atom. The monoisotopic (exact) mass is 299 g/mol. The molecule has 4 nitrogen and oxygen atoms in total. The van der Waals surface area contributed by atoms with Gasteiger partial charge in [-0.1, -0.05) is 13.0 Å². The predicted octanol–water partition coefficient (Wildman–Crippen LogP) is 3.30. The first-order chi connectivity index (χ1) is 9.99. The molecule has 3 heterocycles. The molecule has 2 aromatic heterocycles. The fraction of sp³-hybridized carbons (Fsp3) is 0.312. The minimum Gasteiger partial charge on any atom is -0.304 e. The summed E-state index contributed by atoms with van der Waals surface area (Å²) in [7, 11) is 1.68. The molecule has 3 rings (SSSR count). The third-order valence-corrected chi connectivity index (χ3v) is 5.27. The smallest absolute Gasteiger partial charge is 0.228 e. The minimum atomic E-state index is -0.279. The summed E-state index contributed by atoms with van der Waals surface area (Å²) < 4.78 is 0. The maximum absolute atomic E-state index is 12.0. The van der Waals surface area contributed by atoms with Gasteiger partial charge in [0.1, 0.15) is 5.84 Å². The molecule has 0 aliphatic carbocycles. The van der Waals surface area contributed by atoms with Crippen LogP contribution in [0.4, 0.5) is 0 Å². The van der Waals surface area contributed by atoms with Crippen LogP contribution in [0.25, 0.3) is 11.3 Å². The number of aromatic nitrogens is 1. The molecular weight excluding hydrogens is 282 g/mol. The number of pyridine rings is 1. The summed E-state index contributed by atoms with van der Waals surface area (Å²) in [4.78, 5) is 19.0. The first-order valence-corrected chi connectivity index (χ1v) is 7.72. The van der Waals surface area contributed by atoms with E-state index in [2.05, 4.69) is 23.4 Å². The average Bonchev–Trinajstić information content (AvgIpc) is 2.96. The first-order valence-electron chi connectivity index (χ1n) is 6.84. The molecule has 1 atom stereocenters. The Kier molecular flexibility index (Phi) is 3.37. The number of carbonyl (C=O) groups excluding carboxylic acids is 1. The van der Waals surface area contributed by atoms with Crippen LogP contribution in [0.5, 0.6) is 0 Å². The molecule has 1 N–H and O–H groups in total. The Bertz CT molecular complexity index is 675. The van der Waals surface area contributed by atoms with Crippen molar-refractivity contribution in [3.05, 3.63) is 40.7 Å². The highest BCUT2D eigenvalue weighted by Gasteiger charge is 2.39. The van der Waals surface area contributed by atoms with Crippen molar-refractivity contribution in [3.63, 3.8) is 0 Å². The molecule has 1 aliphatic heterocycles. The van der Waals surface area contributed by atoms with E-state index in [4.69, 9.17) is 5.41 Å². The van der Waals surface area contributed by atoms with Crippen LogP contribution in [0.3, 0.4) is 0 Å². The van der Waals surface area contributed by atoms with Crippen molar-refractivity contribution in [2.45, 2.75) is 25.2 Å². The lowest BCUT2D eigenvalue weighted by Gasteiger charge is -2.36. The predicted molar refractivity (Wildman–Crippen MR) is 84.6 cm³/mol. The summed E-state index contributed by atoms with van der Waals surface area (Å²) in [6.07, 6.45) is 2.83. The highest BCUT2D eigenvalue weighted by atomic mass is 32.1. The van der Waals surface area contributed by atoms with Crippen LogP contribution in [0, 0.1) is 5.41 Å². The quantitative estimate of drug-likeness (QED) is 0.925. The zero-order valence-electron chi connectivity index (χ0n) is 12.1. The van der Waals surface area contributed by atoms with E-state index in [1.165, 1.54) is 4.90 Å². The lowest BCUT2D eigenvalue weighted by atomic mass is 9.78. The van der Waals surface area contributed by atoms with Gasteiger partial charge >= 0.3 is 0 Å². The normalized spacial score (nSPS) is 22.7. The van der Waals surface area contributed by atoms with Crippen LogP contribution < -0.4 is 0 Å². The third-order valence-electron chi connectivity index (χ3n) is 4.03. The van der Waals surface area contributed by atoms with Crippen molar-refractivity contribution >= 4 is 23.1 Å². The van der Waals surface area contributed by atoms with Crippen LogP contribution in [-0.4, -0.2) is 28.7 Å². The van der Waals surface area contributed by atoms with E-state index >= 15 is 0 Å². The highest BCUT2D eigenvalue weighted by Crippen LogP contribution is 2.40. The zero-order chi connectivity index (χ0) is 15.0. The summed E-state index contributed by atoms with van der Waals surface area (Å²) in [6.45, 7) is 2.07. The van der Waals surface area contributed by atoms with Gasteiger partial charge in [-0.15, -0.1) is 11.3 Å². The van der Waals surface area contributed by atoms with Gasteiger partial charge in [0.05, 0.1) is 5.69 Å². The van der Waals surface area contributed by atoms with E-state index in [9.17, 15) is 4.79 Å². The number of amidine groups is 1. The van der Waals surface area contributed by atoms with Crippen LogP contribution >= 0.6 is 11.3 Å². The number of piperidine rings is 1. The SMILES string of the molecule is CN1C(=N)C[C@](C)(c2cc(-c3ccccn3)cs2)CC1=O. The Morgan fingerprint density at radius 2 is 2.19 bits per heavy atom. The van der Waals surface area contributed by atoms with Crippen LogP contribution in [0.2, 0.25) is 0 Å². The second kappa shape index (κ2) is 5.07. The molecular formula is C16H17N3OS. The van der Waals surface area contributed by atoms with Gasteiger partial charge in [0, 0.05) is 47.3 Å². The molecule has 1 aliphatic rings. The summed E-state index contributed by atoms with van der Waals surface area (Å²) in [6, 6.07) is 7.96. The van der Waals surface area contributed by atoms with Crippen LogP contribution in [0.15, 0.2) is 35.8 Å². The van der Waals surface area contributed by atoms with Crippen molar-refractivity contribution < 1.29 is 4.79 Å². The number of amides is 1. The van der Waals surface area contributed by atoms with E-state index in [-0.39, 0.29) is 11.3 Å². The Labute approximate surface area is 128 Å². The summed E-state index contributed by atoms with van der Waals surface area (Å²) in [5, 5.41) is 10.1. The van der Waals surface area contributed by atoms with Gasteiger partial charge in [-0.05, 0) is 18.2 Å². The molecule has 21 heavy (non-hydrogen) atoms. The summed E-state index contributed by atoms with van der Waals surface area (Å²) in [5.74, 6) is 0.406. The van der Waals surface area contributed by atoms with Crippen LogP contribution in [0.1, 0.15) is 24.6 Å². The molecule has 0 unspecified atom stereocenters. The molecule has 1 fully saturated rings. The second-order valence-corrected chi connectivity index (χ2v) is 6.64. The van der Waals surface area contributed by atoms with Crippen LogP contribution in [-0.2, 0) is 10.2 Å². The van der Waals surface area contributed by atoms with E-state index in [1.807, 2.05) is 18.2 Å². The van der Waals surface area contributed by atoms with Crippen molar-refractivity contribution in [1.82, 2.24) is 9.88 Å². The van der Waals surface area contributed by atoms with Crippen molar-refractivity contribution in [2.75, 3.05) is 7.05 Å². The second-order valence-electron chi connectivity index (χ2n) is 5.73. The lowest BCUT2D eigenvalue weighted by Crippen LogP contribution is -2.46. The number of rotatable bonds is 2. The number of nitrogens with zero attached hydrogens (tertiary/aromatic N) is 2. The molecule has 5 heteroatoms.